The summed E-state index contributed by atoms with van der Waals surface area (Å²) in [7, 11) is 4.58. The van der Waals surface area contributed by atoms with E-state index in [1.165, 1.54) is 21.3 Å². The standard InChI is InChI=1S/C13H15N3O4/c1-18-10-4-7(5-11(19-2)12(10)20-3)8-6-9(13(14)17)16-15-8/h4-6H,1-3H3,(H2,14,17)(H,15,16). The summed E-state index contributed by atoms with van der Waals surface area (Å²) in [5.74, 6) is 0.927. The van der Waals surface area contributed by atoms with Crippen molar-refractivity contribution in [3.8, 4) is 28.5 Å². The number of rotatable bonds is 5. The average Bonchev–Trinajstić information content (AvgIpc) is 2.95. The molecule has 0 atom stereocenters. The van der Waals surface area contributed by atoms with Crippen LogP contribution in [0.4, 0.5) is 0 Å². The van der Waals surface area contributed by atoms with Gasteiger partial charge < -0.3 is 19.9 Å². The third-order valence-electron chi connectivity index (χ3n) is 2.80. The zero-order valence-corrected chi connectivity index (χ0v) is 11.4. The summed E-state index contributed by atoms with van der Waals surface area (Å²) in [6.45, 7) is 0. The second-order valence-corrected chi connectivity index (χ2v) is 3.95. The number of hydrogen-bond acceptors (Lipinski definition) is 5. The third kappa shape index (κ3) is 2.37. The fourth-order valence-corrected chi connectivity index (χ4v) is 1.82. The molecule has 0 aliphatic heterocycles. The first-order valence-corrected chi connectivity index (χ1v) is 5.76. The summed E-state index contributed by atoms with van der Waals surface area (Å²) in [5.41, 5.74) is 6.68. The van der Waals surface area contributed by atoms with Crippen LogP contribution in [0.1, 0.15) is 10.5 Å². The minimum atomic E-state index is -0.573. The minimum Gasteiger partial charge on any atom is -0.493 e. The van der Waals surface area contributed by atoms with Gasteiger partial charge in [0.1, 0.15) is 5.69 Å². The second-order valence-electron chi connectivity index (χ2n) is 3.95. The van der Waals surface area contributed by atoms with Gasteiger partial charge in [0.05, 0.1) is 27.0 Å². The van der Waals surface area contributed by atoms with Crippen LogP contribution >= 0.6 is 0 Å². The summed E-state index contributed by atoms with van der Waals surface area (Å²) < 4.78 is 15.8. The molecule has 3 N–H and O–H groups in total. The van der Waals surface area contributed by atoms with Gasteiger partial charge >= 0.3 is 0 Å². The van der Waals surface area contributed by atoms with Crippen molar-refractivity contribution in [1.29, 1.82) is 0 Å². The topological polar surface area (TPSA) is 99.5 Å². The van der Waals surface area contributed by atoms with Gasteiger partial charge in [0.2, 0.25) is 5.75 Å². The molecule has 0 bridgehead atoms. The molecule has 1 amide bonds. The van der Waals surface area contributed by atoms with Gasteiger partial charge in [-0.1, -0.05) is 0 Å². The van der Waals surface area contributed by atoms with E-state index < -0.39 is 5.91 Å². The van der Waals surface area contributed by atoms with Gasteiger partial charge in [0.15, 0.2) is 11.5 Å². The van der Waals surface area contributed by atoms with Gasteiger partial charge in [0, 0.05) is 5.56 Å². The lowest BCUT2D eigenvalue weighted by Crippen LogP contribution is -2.10. The Hall–Kier alpha value is -2.70. The fourth-order valence-electron chi connectivity index (χ4n) is 1.82. The molecule has 1 aromatic heterocycles. The molecule has 1 aromatic carbocycles. The van der Waals surface area contributed by atoms with E-state index in [2.05, 4.69) is 10.2 Å². The van der Waals surface area contributed by atoms with Crippen molar-refractivity contribution >= 4 is 5.91 Å². The van der Waals surface area contributed by atoms with Gasteiger partial charge in [-0.3, -0.25) is 9.89 Å². The highest BCUT2D eigenvalue weighted by atomic mass is 16.5. The van der Waals surface area contributed by atoms with Crippen LogP contribution in [0, 0.1) is 0 Å². The van der Waals surface area contributed by atoms with Crippen LogP contribution < -0.4 is 19.9 Å². The number of aromatic amines is 1. The summed E-state index contributed by atoms with van der Waals surface area (Å²) in [6, 6.07) is 5.04. The van der Waals surface area contributed by atoms with Gasteiger partial charge in [0.25, 0.3) is 5.91 Å². The molecule has 7 heteroatoms. The molecule has 7 nitrogen and oxygen atoms in total. The van der Waals surface area contributed by atoms with Crippen LogP contribution in [-0.2, 0) is 0 Å². The number of ether oxygens (including phenoxy) is 3. The van der Waals surface area contributed by atoms with Gasteiger partial charge in [-0.25, -0.2) is 0 Å². The fraction of sp³-hybridized carbons (Fsp3) is 0.231. The highest BCUT2D eigenvalue weighted by molar-refractivity contribution is 5.92. The first-order valence-electron chi connectivity index (χ1n) is 5.76. The van der Waals surface area contributed by atoms with Crippen molar-refractivity contribution in [1.82, 2.24) is 10.2 Å². The lowest BCUT2D eigenvalue weighted by Gasteiger charge is -2.13. The Morgan fingerprint density at radius 2 is 1.70 bits per heavy atom. The monoisotopic (exact) mass is 277 g/mol. The molecule has 0 radical (unpaired) electrons. The predicted octanol–water partition coefficient (Wildman–Crippen LogP) is 1.20. The van der Waals surface area contributed by atoms with Crippen molar-refractivity contribution in [2.75, 3.05) is 21.3 Å². The molecule has 0 spiro atoms. The van der Waals surface area contributed by atoms with Crippen LogP contribution in [0.25, 0.3) is 11.3 Å². The molecule has 0 fully saturated rings. The lowest BCUT2D eigenvalue weighted by atomic mass is 10.1. The van der Waals surface area contributed by atoms with E-state index in [1.54, 1.807) is 18.2 Å². The van der Waals surface area contributed by atoms with Gasteiger partial charge in [-0.15, -0.1) is 0 Å². The normalized spacial score (nSPS) is 10.2. The molecule has 0 unspecified atom stereocenters. The van der Waals surface area contributed by atoms with E-state index >= 15 is 0 Å². The van der Waals surface area contributed by atoms with E-state index in [0.717, 1.165) is 0 Å². The van der Waals surface area contributed by atoms with E-state index in [1.807, 2.05) is 0 Å². The number of aromatic nitrogens is 2. The summed E-state index contributed by atoms with van der Waals surface area (Å²) in [5, 5.41) is 6.61. The third-order valence-corrected chi connectivity index (χ3v) is 2.80. The molecule has 106 valence electrons. The smallest absolute Gasteiger partial charge is 0.266 e. The number of nitrogens with one attached hydrogen (secondary N) is 1. The van der Waals surface area contributed by atoms with Crippen molar-refractivity contribution in [2.24, 2.45) is 5.73 Å². The van der Waals surface area contributed by atoms with Crippen LogP contribution in [0.2, 0.25) is 0 Å². The molecule has 0 aliphatic carbocycles. The summed E-state index contributed by atoms with van der Waals surface area (Å²) in [6.07, 6.45) is 0. The van der Waals surface area contributed by atoms with Crippen molar-refractivity contribution in [3.05, 3.63) is 23.9 Å². The van der Waals surface area contributed by atoms with Crippen LogP contribution in [0.5, 0.6) is 17.2 Å². The number of H-pyrrole nitrogens is 1. The van der Waals surface area contributed by atoms with Crippen molar-refractivity contribution in [3.63, 3.8) is 0 Å². The molecule has 2 rings (SSSR count). The number of amides is 1. The van der Waals surface area contributed by atoms with Crippen LogP contribution in [-0.4, -0.2) is 37.4 Å². The summed E-state index contributed by atoms with van der Waals surface area (Å²) >= 11 is 0. The molecule has 1 heterocycles. The highest BCUT2D eigenvalue weighted by Gasteiger charge is 2.16. The number of carbonyl (C=O) groups is 1. The first-order chi connectivity index (χ1) is 9.60. The number of hydrogen-bond donors (Lipinski definition) is 2. The summed E-state index contributed by atoms with van der Waals surface area (Å²) in [4.78, 5) is 11.1. The van der Waals surface area contributed by atoms with E-state index in [4.69, 9.17) is 19.9 Å². The maximum absolute atomic E-state index is 11.1. The number of benzene rings is 1. The Morgan fingerprint density at radius 1 is 1.10 bits per heavy atom. The molecule has 0 aliphatic rings. The van der Waals surface area contributed by atoms with Crippen molar-refractivity contribution < 1.29 is 19.0 Å². The molecule has 20 heavy (non-hydrogen) atoms. The number of primary amides is 1. The second kappa shape index (κ2) is 5.52. The first kappa shape index (κ1) is 13.7. The van der Waals surface area contributed by atoms with Crippen molar-refractivity contribution in [2.45, 2.75) is 0 Å². The Morgan fingerprint density at radius 3 is 2.10 bits per heavy atom. The van der Waals surface area contributed by atoms with Gasteiger partial charge in [-0.2, -0.15) is 5.10 Å². The Kier molecular flexibility index (Phi) is 3.79. The lowest BCUT2D eigenvalue weighted by molar-refractivity contribution is 0.0995. The molecule has 2 aromatic rings. The molecular formula is C13H15N3O4. The molecular weight excluding hydrogens is 262 g/mol. The van der Waals surface area contributed by atoms with E-state index in [-0.39, 0.29) is 5.69 Å². The SMILES string of the molecule is COc1cc(-c2cc(C(N)=O)[nH]n2)cc(OC)c1OC. The van der Waals surface area contributed by atoms with Gasteiger partial charge in [-0.05, 0) is 18.2 Å². The number of carbonyl (C=O) groups excluding carboxylic acids is 1. The minimum absolute atomic E-state index is 0.230. The Labute approximate surface area is 115 Å². The Balaban J connectivity index is 2.53. The van der Waals surface area contributed by atoms with E-state index in [0.29, 0.717) is 28.5 Å². The zero-order chi connectivity index (χ0) is 14.7. The average molecular weight is 277 g/mol. The van der Waals surface area contributed by atoms with Crippen LogP contribution in [0.3, 0.4) is 0 Å². The quantitative estimate of drug-likeness (QED) is 0.855. The maximum atomic E-state index is 11.1. The maximum Gasteiger partial charge on any atom is 0.266 e. The molecule has 0 saturated heterocycles. The van der Waals surface area contributed by atoms with E-state index in [9.17, 15) is 4.79 Å². The highest BCUT2D eigenvalue weighted by Crippen LogP contribution is 2.40. The Bertz CT molecular complexity index is 611. The van der Waals surface area contributed by atoms with Crippen LogP contribution in [0.15, 0.2) is 18.2 Å². The predicted molar refractivity (Wildman–Crippen MR) is 72.2 cm³/mol. The number of nitrogens with two attached hydrogens (primary N) is 1. The largest absolute Gasteiger partial charge is 0.493 e. The molecule has 0 saturated carbocycles. The number of methoxy groups -OCH3 is 3. The number of nitrogens with zero attached hydrogens (tertiary/aromatic N) is 1. The zero-order valence-electron chi connectivity index (χ0n) is 11.4.